The number of carbonyl (C=O) groups excluding carboxylic acids is 1. The monoisotopic (exact) mass is 451 g/mol. The number of nitro benzene ring substituents is 1. The zero-order chi connectivity index (χ0) is 20.8. The van der Waals surface area contributed by atoms with E-state index in [0.717, 1.165) is 25.9 Å². The van der Waals surface area contributed by atoms with Crippen LogP contribution in [0.1, 0.15) is 53.2 Å². The molecule has 1 N–H and O–H groups in total. The quantitative estimate of drug-likeness (QED) is 0.475. The Kier molecular flexibility index (Phi) is 9.08. The van der Waals surface area contributed by atoms with Crippen LogP contribution in [0.2, 0.25) is 5.02 Å². The van der Waals surface area contributed by atoms with Gasteiger partial charge < -0.3 is 5.32 Å². The summed E-state index contributed by atoms with van der Waals surface area (Å²) in [6.07, 6.45) is 4.77. The predicted octanol–water partition coefficient (Wildman–Crippen LogP) is 5.33. The molecule has 8 heteroatoms. The van der Waals surface area contributed by atoms with Crippen molar-refractivity contribution in [1.29, 1.82) is 0 Å². The molecule has 30 heavy (non-hydrogen) atoms. The molecule has 6 nitrogen and oxygen atoms in total. The van der Waals surface area contributed by atoms with E-state index >= 15 is 0 Å². The molecule has 0 aromatic heterocycles. The van der Waals surface area contributed by atoms with Gasteiger partial charge in [0.05, 0.1) is 11.0 Å². The highest BCUT2D eigenvalue weighted by molar-refractivity contribution is 6.32. The predicted molar refractivity (Wildman–Crippen MR) is 122 cm³/mol. The van der Waals surface area contributed by atoms with Crippen LogP contribution in [0.5, 0.6) is 0 Å². The van der Waals surface area contributed by atoms with Gasteiger partial charge in [-0.2, -0.15) is 0 Å². The fraction of sp³-hybridized carbons (Fsp3) is 0.409. The highest BCUT2D eigenvalue weighted by Gasteiger charge is 2.23. The number of likely N-dealkylation sites (tertiary alicyclic amines) is 1. The van der Waals surface area contributed by atoms with Crippen molar-refractivity contribution < 1.29 is 9.72 Å². The van der Waals surface area contributed by atoms with E-state index in [1.54, 1.807) is 0 Å². The molecule has 1 unspecified atom stereocenters. The van der Waals surface area contributed by atoms with E-state index in [1.165, 1.54) is 42.2 Å². The maximum Gasteiger partial charge on any atom is 0.288 e. The molecule has 0 radical (unpaired) electrons. The van der Waals surface area contributed by atoms with Crippen LogP contribution in [0.3, 0.4) is 0 Å². The van der Waals surface area contributed by atoms with Crippen LogP contribution in [-0.4, -0.2) is 35.4 Å². The molecule has 1 atom stereocenters. The van der Waals surface area contributed by atoms with Gasteiger partial charge in [0.2, 0.25) is 0 Å². The summed E-state index contributed by atoms with van der Waals surface area (Å²) in [5, 5.41) is 14.1. The van der Waals surface area contributed by atoms with Crippen molar-refractivity contribution in [2.75, 3.05) is 19.6 Å². The van der Waals surface area contributed by atoms with E-state index < -0.39 is 4.92 Å². The zero-order valence-corrected chi connectivity index (χ0v) is 18.5. The van der Waals surface area contributed by atoms with E-state index in [9.17, 15) is 14.9 Å². The lowest BCUT2D eigenvalue weighted by Gasteiger charge is -2.31. The smallest absolute Gasteiger partial charge is 0.288 e. The Hall–Kier alpha value is -2.15. The van der Waals surface area contributed by atoms with Crippen molar-refractivity contribution in [1.82, 2.24) is 10.2 Å². The minimum atomic E-state index is -0.578. The number of nitrogens with zero attached hydrogens (tertiary/aromatic N) is 2. The molecule has 0 bridgehead atoms. The third kappa shape index (κ3) is 6.17. The Morgan fingerprint density at radius 2 is 1.77 bits per heavy atom. The number of nitrogens with one attached hydrogen (secondary N) is 1. The van der Waals surface area contributed by atoms with Crippen molar-refractivity contribution >= 4 is 35.6 Å². The van der Waals surface area contributed by atoms with Gasteiger partial charge in [-0.15, -0.1) is 12.4 Å². The van der Waals surface area contributed by atoms with Crippen LogP contribution in [-0.2, 0) is 0 Å². The Bertz CT molecular complexity index is 866. The van der Waals surface area contributed by atoms with E-state index in [4.69, 9.17) is 11.6 Å². The Morgan fingerprint density at radius 1 is 1.13 bits per heavy atom. The Balaban J connectivity index is 0.00000320. The topological polar surface area (TPSA) is 75.5 Å². The molecule has 1 heterocycles. The highest BCUT2D eigenvalue weighted by atomic mass is 35.5. The number of rotatable bonds is 6. The largest absolute Gasteiger partial charge is 0.350 e. The minimum Gasteiger partial charge on any atom is -0.350 e. The molecule has 0 spiro atoms. The molecule has 0 saturated carbocycles. The number of halogens is 2. The van der Waals surface area contributed by atoms with Gasteiger partial charge in [0.1, 0.15) is 5.02 Å². The molecule has 1 aliphatic rings. The number of amides is 1. The first-order chi connectivity index (χ1) is 14.0. The zero-order valence-electron chi connectivity index (χ0n) is 17.0. The fourth-order valence-corrected chi connectivity index (χ4v) is 3.92. The second-order valence-electron chi connectivity index (χ2n) is 7.51. The van der Waals surface area contributed by atoms with Gasteiger partial charge in [0, 0.05) is 18.2 Å². The second kappa shape index (κ2) is 11.3. The maximum absolute atomic E-state index is 12.7. The lowest BCUT2D eigenvalue weighted by molar-refractivity contribution is -0.384. The molecular weight excluding hydrogens is 425 g/mol. The van der Waals surface area contributed by atoms with Crippen LogP contribution in [0.15, 0.2) is 42.5 Å². The van der Waals surface area contributed by atoms with Crippen molar-refractivity contribution in [2.24, 2.45) is 0 Å². The molecule has 2 aromatic rings. The first kappa shape index (κ1) is 24.1. The van der Waals surface area contributed by atoms with Crippen molar-refractivity contribution in [2.45, 2.75) is 38.6 Å². The number of hydrogen-bond donors (Lipinski definition) is 1. The summed E-state index contributed by atoms with van der Waals surface area (Å²) in [6.45, 7) is 4.50. The van der Waals surface area contributed by atoms with Crippen LogP contribution in [0.4, 0.5) is 5.69 Å². The highest BCUT2D eigenvalue weighted by Crippen LogP contribution is 2.26. The number of hydrogen-bond acceptors (Lipinski definition) is 4. The van der Waals surface area contributed by atoms with Crippen LogP contribution < -0.4 is 5.32 Å². The van der Waals surface area contributed by atoms with Crippen LogP contribution in [0, 0.1) is 17.0 Å². The van der Waals surface area contributed by atoms with Gasteiger partial charge in [-0.1, -0.05) is 54.3 Å². The molecule has 1 aliphatic heterocycles. The number of nitro groups is 1. The standard InChI is InChI=1S/C22H26ClN3O3.ClH/c1-16-6-8-17(9-7-16)21(25-12-4-2-3-5-13-25)15-24-22(27)18-10-11-19(23)20(14-18)26(28)29;/h6-11,14,21H,2-5,12-13,15H2,1H3,(H,24,27);1H. The van der Waals surface area contributed by atoms with Gasteiger partial charge >= 0.3 is 0 Å². The lowest BCUT2D eigenvalue weighted by Crippen LogP contribution is -2.38. The lowest BCUT2D eigenvalue weighted by atomic mass is 10.0. The van der Waals surface area contributed by atoms with Gasteiger partial charge in [0.25, 0.3) is 11.6 Å². The normalized spacial score (nSPS) is 15.5. The molecule has 1 amide bonds. The summed E-state index contributed by atoms with van der Waals surface area (Å²) in [5.74, 6) is -0.336. The van der Waals surface area contributed by atoms with E-state index in [-0.39, 0.29) is 40.6 Å². The van der Waals surface area contributed by atoms with Crippen LogP contribution >= 0.6 is 24.0 Å². The number of carbonyl (C=O) groups is 1. The molecule has 2 aromatic carbocycles. The first-order valence-corrected chi connectivity index (χ1v) is 10.4. The average molecular weight is 452 g/mol. The molecular formula is C22H27Cl2N3O3. The fourth-order valence-electron chi connectivity index (χ4n) is 3.74. The van der Waals surface area contributed by atoms with Crippen molar-refractivity contribution in [3.8, 4) is 0 Å². The number of benzene rings is 2. The minimum absolute atomic E-state index is 0. The molecule has 1 fully saturated rings. The summed E-state index contributed by atoms with van der Waals surface area (Å²) in [6, 6.07) is 12.6. The summed E-state index contributed by atoms with van der Waals surface area (Å²) in [7, 11) is 0. The summed E-state index contributed by atoms with van der Waals surface area (Å²) in [4.78, 5) is 25.6. The SMILES string of the molecule is Cc1ccc(C(CNC(=O)c2ccc(Cl)c([N+](=O)[O-])c2)N2CCCCCC2)cc1.Cl. The van der Waals surface area contributed by atoms with Gasteiger partial charge in [-0.05, 0) is 50.6 Å². The van der Waals surface area contributed by atoms with E-state index in [1.807, 2.05) is 0 Å². The summed E-state index contributed by atoms with van der Waals surface area (Å²) >= 11 is 5.85. The molecule has 3 rings (SSSR count). The molecule has 162 valence electrons. The van der Waals surface area contributed by atoms with Crippen molar-refractivity contribution in [3.63, 3.8) is 0 Å². The summed E-state index contributed by atoms with van der Waals surface area (Å²) in [5.41, 5.74) is 2.34. The molecule has 1 saturated heterocycles. The third-order valence-electron chi connectivity index (χ3n) is 5.40. The Labute approximate surface area is 188 Å². The summed E-state index contributed by atoms with van der Waals surface area (Å²) < 4.78 is 0. The second-order valence-corrected chi connectivity index (χ2v) is 7.92. The maximum atomic E-state index is 12.7. The molecule has 0 aliphatic carbocycles. The van der Waals surface area contributed by atoms with Gasteiger partial charge in [-0.25, -0.2) is 0 Å². The average Bonchev–Trinajstić information content (AvgIpc) is 2.99. The number of aryl methyl sites for hydroxylation is 1. The van der Waals surface area contributed by atoms with Crippen molar-refractivity contribution in [3.05, 3.63) is 74.3 Å². The van der Waals surface area contributed by atoms with Gasteiger partial charge in [0.15, 0.2) is 0 Å². The Morgan fingerprint density at radius 3 is 2.37 bits per heavy atom. The van der Waals surface area contributed by atoms with Crippen LogP contribution in [0.25, 0.3) is 0 Å². The van der Waals surface area contributed by atoms with Gasteiger partial charge in [-0.3, -0.25) is 19.8 Å². The van der Waals surface area contributed by atoms with E-state index in [0.29, 0.717) is 6.54 Å². The first-order valence-electron chi connectivity index (χ1n) is 9.98. The van der Waals surface area contributed by atoms with E-state index in [2.05, 4.69) is 41.4 Å². The third-order valence-corrected chi connectivity index (χ3v) is 5.72.